The molecule has 0 spiro atoms. The fourth-order valence-corrected chi connectivity index (χ4v) is 2.39. The van der Waals surface area contributed by atoms with Crippen molar-refractivity contribution in [2.75, 3.05) is 13.2 Å². The highest BCUT2D eigenvalue weighted by molar-refractivity contribution is 6.35. The molecular formula is C16H23Cl2NO. The van der Waals surface area contributed by atoms with Crippen LogP contribution in [0.3, 0.4) is 0 Å². The maximum Gasteiger partial charge on any atom is 0.142 e. The number of nitrogens with one attached hydrogen (secondary N) is 1. The van der Waals surface area contributed by atoms with Crippen molar-refractivity contribution in [2.24, 2.45) is 5.92 Å². The first-order chi connectivity index (χ1) is 9.54. The second-order valence-electron chi connectivity index (χ2n) is 5.18. The summed E-state index contributed by atoms with van der Waals surface area (Å²) in [6.07, 6.45) is 3.76. The zero-order valence-corrected chi connectivity index (χ0v) is 13.7. The predicted octanol–water partition coefficient (Wildman–Crippen LogP) is 5.08. The second kappa shape index (κ2) is 9.28. The number of benzene rings is 1. The molecule has 1 aromatic carbocycles. The Morgan fingerprint density at radius 3 is 2.75 bits per heavy atom. The van der Waals surface area contributed by atoms with E-state index < -0.39 is 0 Å². The first-order valence-electron chi connectivity index (χ1n) is 6.97. The lowest BCUT2D eigenvalue weighted by Gasteiger charge is -2.15. The van der Waals surface area contributed by atoms with Crippen LogP contribution >= 0.6 is 23.2 Å². The molecule has 0 saturated carbocycles. The number of allylic oxidation sites excluding steroid dienone is 1. The third-order valence-electron chi connectivity index (χ3n) is 2.75. The molecule has 0 saturated heterocycles. The van der Waals surface area contributed by atoms with Crippen LogP contribution in [0.5, 0.6) is 5.75 Å². The van der Waals surface area contributed by atoms with Gasteiger partial charge in [0.05, 0.1) is 11.6 Å². The Morgan fingerprint density at radius 2 is 2.10 bits per heavy atom. The number of rotatable bonds is 9. The summed E-state index contributed by atoms with van der Waals surface area (Å²) in [5.74, 6) is 1.33. The van der Waals surface area contributed by atoms with E-state index >= 15 is 0 Å². The van der Waals surface area contributed by atoms with Gasteiger partial charge in [-0.3, -0.25) is 0 Å². The summed E-state index contributed by atoms with van der Waals surface area (Å²) in [4.78, 5) is 0. The molecule has 0 aliphatic carbocycles. The summed E-state index contributed by atoms with van der Waals surface area (Å²) >= 11 is 12.3. The number of ether oxygens (including phenoxy) is 1. The molecule has 0 bridgehead atoms. The van der Waals surface area contributed by atoms with E-state index in [4.69, 9.17) is 27.9 Å². The van der Waals surface area contributed by atoms with Gasteiger partial charge in [-0.15, -0.1) is 6.58 Å². The maximum atomic E-state index is 6.23. The van der Waals surface area contributed by atoms with E-state index in [2.05, 4.69) is 25.7 Å². The average Bonchev–Trinajstić information content (AvgIpc) is 2.36. The molecule has 1 aromatic rings. The molecule has 4 heteroatoms. The second-order valence-corrected chi connectivity index (χ2v) is 6.02. The minimum absolute atomic E-state index is 0.567. The molecule has 20 heavy (non-hydrogen) atoms. The van der Waals surface area contributed by atoms with Gasteiger partial charge in [0.1, 0.15) is 5.75 Å². The van der Waals surface area contributed by atoms with Crippen molar-refractivity contribution in [1.29, 1.82) is 0 Å². The summed E-state index contributed by atoms with van der Waals surface area (Å²) in [6, 6.07) is 3.63. The van der Waals surface area contributed by atoms with E-state index in [9.17, 15) is 0 Å². The number of hydrogen-bond acceptors (Lipinski definition) is 2. The predicted molar refractivity (Wildman–Crippen MR) is 87.9 cm³/mol. The van der Waals surface area contributed by atoms with Gasteiger partial charge in [0.25, 0.3) is 0 Å². The molecule has 0 aliphatic rings. The van der Waals surface area contributed by atoms with Crippen LogP contribution in [-0.4, -0.2) is 13.2 Å². The highest BCUT2D eigenvalue weighted by atomic mass is 35.5. The Morgan fingerprint density at radius 1 is 1.35 bits per heavy atom. The zero-order chi connectivity index (χ0) is 15.0. The molecule has 2 nitrogen and oxygen atoms in total. The largest absolute Gasteiger partial charge is 0.492 e. The molecule has 0 atom stereocenters. The van der Waals surface area contributed by atoms with E-state index in [0.717, 1.165) is 30.7 Å². The average molecular weight is 316 g/mol. The number of halogens is 2. The van der Waals surface area contributed by atoms with Crippen molar-refractivity contribution in [3.63, 3.8) is 0 Å². The van der Waals surface area contributed by atoms with Crippen molar-refractivity contribution in [3.05, 3.63) is 40.4 Å². The van der Waals surface area contributed by atoms with Crippen LogP contribution in [0.4, 0.5) is 0 Å². The van der Waals surface area contributed by atoms with Crippen molar-refractivity contribution in [3.8, 4) is 5.75 Å². The Balaban J connectivity index is 2.70. The number of unbranched alkanes of at least 4 members (excludes halogenated alkanes) is 1. The summed E-state index contributed by atoms with van der Waals surface area (Å²) in [5.41, 5.74) is 1.00. The SMILES string of the molecule is C=CCCCOc1c(Cl)cc(Cl)cc1CNCC(C)C. The Labute approximate surface area is 132 Å². The fourth-order valence-electron chi connectivity index (χ4n) is 1.80. The van der Waals surface area contributed by atoms with Gasteiger partial charge in [-0.1, -0.05) is 43.1 Å². The normalized spacial score (nSPS) is 10.8. The van der Waals surface area contributed by atoms with Gasteiger partial charge in [-0.2, -0.15) is 0 Å². The monoisotopic (exact) mass is 315 g/mol. The molecule has 0 radical (unpaired) electrons. The molecule has 0 unspecified atom stereocenters. The van der Waals surface area contributed by atoms with Crippen LogP contribution in [-0.2, 0) is 6.54 Å². The van der Waals surface area contributed by atoms with Crippen LogP contribution < -0.4 is 10.1 Å². The van der Waals surface area contributed by atoms with Gasteiger partial charge >= 0.3 is 0 Å². The summed E-state index contributed by atoms with van der Waals surface area (Å²) in [5, 5.41) is 4.59. The van der Waals surface area contributed by atoms with Gasteiger partial charge in [-0.05, 0) is 37.4 Å². The Hall–Kier alpha value is -0.700. The molecule has 0 fully saturated rings. The van der Waals surface area contributed by atoms with E-state index in [1.165, 1.54) is 0 Å². The molecular weight excluding hydrogens is 293 g/mol. The van der Waals surface area contributed by atoms with Crippen LogP contribution in [0.2, 0.25) is 10.0 Å². The van der Waals surface area contributed by atoms with Crippen molar-refractivity contribution >= 4 is 23.2 Å². The molecule has 1 N–H and O–H groups in total. The minimum atomic E-state index is 0.567. The highest BCUT2D eigenvalue weighted by Gasteiger charge is 2.10. The summed E-state index contributed by atoms with van der Waals surface area (Å²) in [6.45, 7) is 10.3. The van der Waals surface area contributed by atoms with Gasteiger partial charge in [0.2, 0.25) is 0 Å². The smallest absolute Gasteiger partial charge is 0.142 e. The van der Waals surface area contributed by atoms with Gasteiger partial charge in [-0.25, -0.2) is 0 Å². The highest BCUT2D eigenvalue weighted by Crippen LogP contribution is 2.32. The molecule has 1 rings (SSSR count). The summed E-state index contributed by atoms with van der Waals surface area (Å²) < 4.78 is 5.80. The van der Waals surface area contributed by atoms with E-state index in [1.807, 2.05) is 12.1 Å². The van der Waals surface area contributed by atoms with Gasteiger partial charge in [0, 0.05) is 17.1 Å². The van der Waals surface area contributed by atoms with Gasteiger partial charge < -0.3 is 10.1 Å². The van der Waals surface area contributed by atoms with Crippen LogP contribution in [0, 0.1) is 5.92 Å². The molecule has 0 aromatic heterocycles. The minimum Gasteiger partial charge on any atom is -0.492 e. The summed E-state index contributed by atoms with van der Waals surface area (Å²) in [7, 11) is 0. The fraction of sp³-hybridized carbons (Fsp3) is 0.500. The standard InChI is InChI=1S/C16H23Cl2NO/c1-4-5-6-7-20-16-13(11-19-10-12(2)3)8-14(17)9-15(16)18/h4,8-9,12,19H,1,5-7,10-11H2,2-3H3. The van der Waals surface area contributed by atoms with Crippen LogP contribution in [0.1, 0.15) is 32.3 Å². The third kappa shape index (κ3) is 6.17. The third-order valence-corrected chi connectivity index (χ3v) is 3.25. The van der Waals surface area contributed by atoms with E-state index in [0.29, 0.717) is 29.1 Å². The quantitative estimate of drug-likeness (QED) is 0.506. The molecule has 0 aliphatic heterocycles. The topological polar surface area (TPSA) is 21.3 Å². The van der Waals surface area contributed by atoms with Crippen molar-refractivity contribution in [1.82, 2.24) is 5.32 Å². The molecule has 112 valence electrons. The van der Waals surface area contributed by atoms with Crippen molar-refractivity contribution in [2.45, 2.75) is 33.2 Å². The Kier molecular flexibility index (Phi) is 8.05. The van der Waals surface area contributed by atoms with E-state index in [-0.39, 0.29) is 0 Å². The van der Waals surface area contributed by atoms with Crippen LogP contribution in [0.25, 0.3) is 0 Å². The lowest BCUT2D eigenvalue weighted by atomic mass is 10.1. The molecule has 0 amide bonds. The van der Waals surface area contributed by atoms with Crippen molar-refractivity contribution < 1.29 is 4.74 Å². The first kappa shape index (κ1) is 17.4. The lowest BCUT2D eigenvalue weighted by Crippen LogP contribution is -2.19. The molecule has 0 heterocycles. The maximum absolute atomic E-state index is 6.23. The lowest BCUT2D eigenvalue weighted by molar-refractivity contribution is 0.308. The van der Waals surface area contributed by atoms with Crippen LogP contribution in [0.15, 0.2) is 24.8 Å². The number of hydrogen-bond donors (Lipinski definition) is 1. The van der Waals surface area contributed by atoms with E-state index in [1.54, 1.807) is 6.07 Å². The van der Waals surface area contributed by atoms with Gasteiger partial charge in [0.15, 0.2) is 0 Å². The zero-order valence-electron chi connectivity index (χ0n) is 12.2. The Bertz CT molecular complexity index is 433. The first-order valence-corrected chi connectivity index (χ1v) is 7.72.